The molecule has 7 nitrogen and oxygen atoms in total. The van der Waals surface area contributed by atoms with E-state index in [2.05, 4.69) is 34.7 Å². The Labute approximate surface area is 164 Å². The van der Waals surface area contributed by atoms with Crippen LogP contribution in [0.3, 0.4) is 0 Å². The lowest BCUT2D eigenvalue weighted by atomic mass is 9.97. The number of aromatic nitrogens is 3. The molecule has 0 aromatic carbocycles. The molecule has 0 aliphatic carbocycles. The van der Waals surface area contributed by atoms with Crippen LogP contribution < -0.4 is 10.6 Å². The Morgan fingerprint density at radius 1 is 1.26 bits per heavy atom. The number of ether oxygens (including phenoxy) is 1. The first-order chi connectivity index (χ1) is 13.1. The SMILES string of the molecule is CCCCC(CCC)CNC(=NCc1nnc(C)n1C)NCC1CCCO1. The average molecular weight is 379 g/mol. The van der Waals surface area contributed by atoms with Crippen LogP contribution >= 0.6 is 0 Å². The van der Waals surface area contributed by atoms with Gasteiger partial charge in [0, 0.05) is 26.7 Å². The highest BCUT2D eigenvalue weighted by Gasteiger charge is 2.16. The Balaban J connectivity index is 1.94. The molecule has 2 heterocycles. The minimum Gasteiger partial charge on any atom is -0.376 e. The predicted molar refractivity (Wildman–Crippen MR) is 110 cm³/mol. The van der Waals surface area contributed by atoms with Crippen molar-refractivity contribution in [3.05, 3.63) is 11.6 Å². The average Bonchev–Trinajstić information content (AvgIpc) is 3.30. The Morgan fingerprint density at radius 2 is 2.11 bits per heavy atom. The highest BCUT2D eigenvalue weighted by atomic mass is 16.5. The molecule has 2 N–H and O–H groups in total. The lowest BCUT2D eigenvalue weighted by Gasteiger charge is -2.20. The number of nitrogens with one attached hydrogen (secondary N) is 2. The summed E-state index contributed by atoms with van der Waals surface area (Å²) in [5.74, 6) is 3.33. The largest absolute Gasteiger partial charge is 0.376 e. The van der Waals surface area contributed by atoms with Crippen LogP contribution in [0.4, 0.5) is 0 Å². The van der Waals surface area contributed by atoms with Crippen LogP contribution in [0.1, 0.15) is 70.4 Å². The standard InChI is InChI=1S/C20H38N6O/c1-5-7-10-17(9-6-2)13-21-20(22-14-18-11-8-12-27-18)23-15-19-25-24-16(3)26(19)4/h17-18H,5-15H2,1-4H3,(H2,21,22,23). The fraction of sp³-hybridized carbons (Fsp3) is 0.850. The van der Waals surface area contributed by atoms with Crippen molar-refractivity contribution in [1.82, 2.24) is 25.4 Å². The van der Waals surface area contributed by atoms with Gasteiger partial charge in [0.2, 0.25) is 0 Å². The third-order valence-corrected chi connectivity index (χ3v) is 5.30. The van der Waals surface area contributed by atoms with Crippen LogP contribution in [0.15, 0.2) is 4.99 Å². The summed E-state index contributed by atoms with van der Waals surface area (Å²) < 4.78 is 7.72. The summed E-state index contributed by atoms with van der Waals surface area (Å²) in [4.78, 5) is 4.76. The minimum absolute atomic E-state index is 0.292. The Kier molecular flexibility index (Phi) is 9.59. The lowest BCUT2D eigenvalue weighted by molar-refractivity contribution is 0.113. The van der Waals surface area contributed by atoms with Gasteiger partial charge in [0.05, 0.1) is 6.10 Å². The van der Waals surface area contributed by atoms with Crippen molar-refractivity contribution < 1.29 is 4.74 Å². The van der Waals surface area contributed by atoms with Gasteiger partial charge in [-0.3, -0.25) is 0 Å². The molecule has 1 aromatic heterocycles. The molecule has 2 atom stereocenters. The van der Waals surface area contributed by atoms with Crippen molar-refractivity contribution >= 4 is 5.96 Å². The summed E-state index contributed by atoms with van der Waals surface area (Å²) in [5.41, 5.74) is 0. The molecule has 1 aromatic rings. The fourth-order valence-corrected chi connectivity index (χ4v) is 3.42. The monoisotopic (exact) mass is 378 g/mol. The maximum Gasteiger partial charge on any atom is 0.191 e. The normalized spacial score (nSPS) is 18.7. The topological polar surface area (TPSA) is 76.4 Å². The first kappa shape index (κ1) is 21.7. The summed E-state index contributed by atoms with van der Waals surface area (Å²) in [6, 6.07) is 0. The van der Waals surface area contributed by atoms with Gasteiger partial charge < -0.3 is 19.9 Å². The van der Waals surface area contributed by atoms with E-state index in [1.165, 1.54) is 32.1 Å². The maximum absolute atomic E-state index is 5.73. The number of aryl methyl sites for hydroxylation is 1. The van der Waals surface area contributed by atoms with Gasteiger partial charge >= 0.3 is 0 Å². The number of nitrogens with zero attached hydrogens (tertiary/aromatic N) is 4. The van der Waals surface area contributed by atoms with E-state index >= 15 is 0 Å². The molecule has 1 aliphatic rings. The summed E-state index contributed by atoms with van der Waals surface area (Å²) in [5, 5.41) is 15.4. The van der Waals surface area contributed by atoms with E-state index in [-0.39, 0.29) is 0 Å². The molecule has 1 fully saturated rings. The van der Waals surface area contributed by atoms with Gasteiger partial charge in [-0.1, -0.05) is 33.1 Å². The highest BCUT2D eigenvalue weighted by Crippen LogP contribution is 2.14. The number of hydrogen-bond acceptors (Lipinski definition) is 4. The first-order valence-electron chi connectivity index (χ1n) is 10.6. The smallest absolute Gasteiger partial charge is 0.191 e. The maximum atomic E-state index is 5.73. The van der Waals surface area contributed by atoms with Crippen LogP contribution in [0.2, 0.25) is 0 Å². The number of guanidine groups is 1. The van der Waals surface area contributed by atoms with Gasteiger partial charge in [-0.05, 0) is 38.5 Å². The Hall–Kier alpha value is -1.63. The molecule has 154 valence electrons. The van der Waals surface area contributed by atoms with E-state index in [1.807, 2.05) is 18.5 Å². The molecule has 1 aliphatic heterocycles. The summed E-state index contributed by atoms with van der Waals surface area (Å²) in [6.07, 6.45) is 8.88. The summed E-state index contributed by atoms with van der Waals surface area (Å²) >= 11 is 0. The van der Waals surface area contributed by atoms with Gasteiger partial charge in [0.15, 0.2) is 11.8 Å². The fourth-order valence-electron chi connectivity index (χ4n) is 3.42. The van der Waals surface area contributed by atoms with Gasteiger partial charge in [-0.25, -0.2) is 4.99 Å². The lowest BCUT2D eigenvalue weighted by Crippen LogP contribution is -2.43. The van der Waals surface area contributed by atoms with E-state index in [0.717, 1.165) is 50.1 Å². The molecule has 7 heteroatoms. The molecule has 0 amide bonds. The van der Waals surface area contributed by atoms with Gasteiger partial charge in [0.25, 0.3) is 0 Å². The van der Waals surface area contributed by atoms with E-state index in [1.54, 1.807) is 0 Å². The first-order valence-corrected chi connectivity index (χ1v) is 10.6. The minimum atomic E-state index is 0.292. The Bertz CT molecular complexity index is 565. The second-order valence-electron chi connectivity index (χ2n) is 7.58. The molecule has 2 rings (SSSR count). The summed E-state index contributed by atoms with van der Waals surface area (Å²) in [6.45, 7) is 9.64. The van der Waals surface area contributed by atoms with E-state index < -0.39 is 0 Å². The van der Waals surface area contributed by atoms with Crippen LogP contribution in [-0.4, -0.2) is 46.5 Å². The van der Waals surface area contributed by atoms with Crippen molar-refractivity contribution in [2.45, 2.75) is 78.4 Å². The molecule has 1 saturated heterocycles. The molecule has 0 saturated carbocycles. The van der Waals surface area contributed by atoms with Crippen molar-refractivity contribution in [2.75, 3.05) is 19.7 Å². The van der Waals surface area contributed by atoms with Gasteiger partial charge in [-0.15, -0.1) is 10.2 Å². The van der Waals surface area contributed by atoms with E-state index in [9.17, 15) is 0 Å². The number of unbranched alkanes of at least 4 members (excludes halogenated alkanes) is 1. The molecule has 0 spiro atoms. The second-order valence-corrected chi connectivity index (χ2v) is 7.58. The van der Waals surface area contributed by atoms with Crippen LogP contribution in [0, 0.1) is 12.8 Å². The Morgan fingerprint density at radius 3 is 2.74 bits per heavy atom. The third-order valence-electron chi connectivity index (χ3n) is 5.30. The van der Waals surface area contributed by atoms with Crippen LogP contribution in [-0.2, 0) is 18.3 Å². The highest BCUT2D eigenvalue weighted by molar-refractivity contribution is 5.79. The number of rotatable bonds is 11. The summed E-state index contributed by atoms with van der Waals surface area (Å²) in [7, 11) is 1.98. The zero-order valence-corrected chi connectivity index (χ0v) is 17.6. The zero-order chi connectivity index (χ0) is 19.5. The predicted octanol–water partition coefficient (Wildman–Crippen LogP) is 2.94. The van der Waals surface area contributed by atoms with Gasteiger partial charge in [-0.2, -0.15) is 0 Å². The number of hydrogen-bond donors (Lipinski definition) is 2. The van der Waals surface area contributed by atoms with Crippen LogP contribution in [0.5, 0.6) is 0 Å². The molecule has 0 bridgehead atoms. The van der Waals surface area contributed by atoms with Crippen molar-refractivity contribution in [2.24, 2.45) is 18.0 Å². The van der Waals surface area contributed by atoms with Crippen molar-refractivity contribution in [1.29, 1.82) is 0 Å². The molecule has 2 unspecified atom stereocenters. The molecule has 27 heavy (non-hydrogen) atoms. The second kappa shape index (κ2) is 12.0. The van der Waals surface area contributed by atoms with Crippen molar-refractivity contribution in [3.63, 3.8) is 0 Å². The zero-order valence-electron chi connectivity index (χ0n) is 17.6. The molecule has 0 radical (unpaired) electrons. The van der Waals surface area contributed by atoms with Crippen LogP contribution in [0.25, 0.3) is 0 Å². The van der Waals surface area contributed by atoms with Gasteiger partial charge in [0.1, 0.15) is 12.4 Å². The molecular formula is C20H38N6O. The van der Waals surface area contributed by atoms with Crippen molar-refractivity contribution in [3.8, 4) is 0 Å². The third kappa shape index (κ3) is 7.48. The molecular weight excluding hydrogens is 340 g/mol. The quantitative estimate of drug-likeness (QED) is 0.457. The van der Waals surface area contributed by atoms with E-state index in [0.29, 0.717) is 18.6 Å². The van der Waals surface area contributed by atoms with E-state index in [4.69, 9.17) is 9.73 Å². The number of aliphatic imine (C=N–C) groups is 1.